The molecular weight excluding hydrogens is 308 g/mol. The van der Waals surface area contributed by atoms with Gasteiger partial charge in [-0.05, 0) is 34.1 Å². The number of amides is 1. The van der Waals surface area contributed by atoms with Crippen molar-refractivity contribution in [3.05, 3.63) is 52.8 Å². The zero-order chi connectivity index (χ0) is 13.8. The van der Waals surface area contributed by atoms with Gasteiger partial charge in [0, 0.05) is 23.9 Å². The Morgan fingerprint density at radius 1 is 1.32 bits per heavy atom. The van der Waals surface area contributed by atoms with Crippen LogP contribution >= 0.6 is 15.9 Å². The van der Waals surface area contributed by atoms with Crippen molar-refractivity contribution in [2.75, 3.05) is 19.1 Å². The second-order valence-electron chi connectivity index (χ2n) is 3.93. The van der Waals surface area contributed by atoms with Crippen molar-refractivity contribution in [1.82, 2.24) is 4.98 Å². The van der Waals surface area contributed by atoms with Crippen LogP contribution in [0, 0.1) is 0 Å². The summed E-state index contributed by atoms with van der Waals surface area (Å²) in [6, 6.07) is 9.11. The topological polar surface area (TPSA) is 42.4 Å². The molecule has 1 amide bonds. The van der Waals surface area contributed by atoms with Crippen molar-refractivity contribution >= 4 is 27.5 Å². The summed E-state index contributed by atoms with van der Waals surface area (Å²) in [5, 5.41) is 0. The van der Waals surface area contributed by atoms with E-state index in [1.165, 1.54) is 0 Å². The molecule has 1 aromatic carbocycles. The predicted molar refractivity (Wildman–Crippen MR) is 77.7 cm³/mol. The number of carbonyl (C=O) groups excluding carboxylic acids is 1. The summed E-state index contributed by atoms with van der Waals surface area (Å²) in [6.45, 7) is 0. The van der Waals surface area contributed by atoms with Gasteiger partial charge >= 0.3 is 0 Å². The zero-order valence-corrected chi connectivity index (χ0v) is 12.2. The standard InChI is InChI=1S/C14H13BrN2O2/c1-17(12-5-3-4-6-13(12)19-2)14(18)10-7-11(15)9-16-8-10/h3-9H,1-2H3. The van der Waals surface area contributed by atoms with Crippen LogP contribution in [0.3, 0.4) is 0 Å². The van der Waals surface area contributed by atoms with Crippen molar-refractivity contribution in [2.45, 2.75) is 0 Å². The minimum absolute atomic E-state index is 0.140. The van der Waals surface area contributed by atoms with Crippen LogP contribution in [-0.2, 0) is 0 Å². The van der Waals surface area contributed by atoms with E-state index in [9.17, 15) is 4.79 Å². The summed E-state index contributed by atoms with van der Waals surface area (Å²) < 4.78 is 6.03. The highest BCUT2D eigenvalue weighted by Gasteiger charge is 2.17. The van der Waals surface area contributed by atoms with Gasteiger partial charge in [0.1, 0.15) is 5.75 Å². The van der Waals surface area contributed by atoms with E-state index in [0.717, 1.165) is 10.2 Å². The SMILES string of the molecule is COc1ccccc1N(C)C(=O)c1cncc(Br)c1. The Morgan fingerprint density at radius 3 is 2.74 bits per heavy atom. The molecule has 0 N–H and O–H groups in total. The smallest absolute Gasteiger partial charge is 0.259 e. The van der Waals surface area contributed by atoms with Gasteiger partial charge in [-0.15, -0.1) is 0 Å². The van der Waals surface area contributed by atoms with Gasteiger partial charge in [-0.2, -0.15) is 0 Å². The molecule has 0 unspecified atom stereocenters. The number of benzene rings is 1. The highest BCUT2D eigenvalue weighted by molar-refractivity contribution is 9.10. The monoisotopic (exact) mass is 320 g/mol. The summed E-state index contributed by atoms with van der Waals surface area (Å²) in [6.07, 6.45) is 3.18. The lowest BCUT2D eigenvalue weighted by Crippen LogP contribution is -2.26. The third-order valence-electron chi connectivity index (χ3n) is 2.70. The lowest BCUT2D eigenvalue weighted by Gasteiger charge is -2.19. The average Bonchev–Trinajstić information content (AvgIpc) is 2.45. The van der Waals surface area contributed by atoms with E-state index in [0.29, 0.717) is 11.3 Å². The van der Waals surface area contributed by atoms with Crippen LogP contribution in [0.4, 0.5) is 5.69 Å². The third kappa shape index (κ3) is 2.93. The highest BCUT2D eigenvalue weighted by Crippen LogP contribution is 2.27. The second kappa shape index (κ2) is 5.84. The van der Waals surface area contributed by atoms with Crippen LogP contribution in [-0.4, -0.2) is 25.0 Å². The van der Waals surface area contributed by atoms with Crippen LogP contribution in [0.25, 0.3) is 0 Å². The number of aromatic nitrogens is 1. The summed E-state index contributed by atoms with van der Waals surface area (Å²) in [7, 11) is 3.29. The molecule has 2 rings (SSSR count). The number of ether oxygens (including phenoxy) is 1. The van der Waals surface area contributed by atoms with Gasteiger partial charge in [0.2, 0.25) is 0 Å². The summed E-state index contributed by atoms with van der Waals surface area (Å²) in [5.74, 6) is 0.514. The van der Waals surface area contributed by atoms with Gasteiger partial charge in [0.15, 0.2) is 0 Å². The van der Waals surface area contributed by atoms with E-state index >= 15 is 0 Å². The molecule has 0 aliphatic carbocycles. The minimum atomic E-state index is -0.140. The van der Waals surface area contributed by atoms with E-state index in [-0.39, 0.29) is 5.91 Å². The lowest BCUT2D eigenvalue weighted by molar-refractivity contribution is 0.0992. The fraction of sp³-hybridized carbons (Fsp3) is 0.143. The number of nitrogens with zero attached hydrogens (tertiary/aromatic N) is 2. The van der Waals surface area contributed by atoms with E-state index in [4.69, 9.17) is 4.74 Å². The Kier molecular flexibility index (Phi) is 4.16. The summed E-state index contributed by atoms with van der Waals surface area (Å²) in [4.78, 5) is 17.9. The maximum Gasteiger partial charge on any atom is 0.259 e. The van der Waals surface area contributed by atoms with E-state index in [2.05, 4.69) is 20.9 Å². The van der Waals surface area contributed by atoms with Crippen LogP contribution in [0.2, 0.25) is 0 Å². The van der Waals surface area contributed by atoms with Gasteiger partial charge < -0.3 is 9.64 Å². The number of hydrogen-bond donors (Lipinski definition) is 0. The number of para-hydroxylation sites is 2. The molecule has 0 fully saturated rings. The number of rotatable bonds is 3. The Balaban J connectivity index is 2.33. The molecule has 0 aliphatic heterocycles. The molecule has 19 heavy (non-hydrogen) atoms. The minimum Gasteiger partial charge on any atom is -0.495 e. The van der Waals surface area contributed by atoms with E-state index in [1.807, 2.05) is 24.3 Å². The first-order valence-electron chi connectivity index (χ1n) is 5.65. The van der Waals surface area contributed by atoms with Gasteiger partial charge in [-0.3, -0.25) is 9.78 Å². The van der Waals surface area contributed by atoms with Crippen LogP contribution in [0.15, 0.2) is 47.2 Å². The fourth-order valence-corrected chi connectivity index (χ4v) is 2.10. The van der Waals surface area contributed by atoms with E-state index in [1.54, 1.807) is 37.5 Å². The first-order valence-corrected chi connectivity index (χ1v) is 6.44. The molecular formula is C14H13BrN2O2. The number of carbonyl (C=O) groups is 1. The maximum absolute atomic E-state index is 12.4. The molecule has 0 spiro atoms. The fourth-order valence-electron chi connectivity index (χ4n) is 1.74. The molecule has 0 radical (unpaired) electrons. The number of anilines is 1. The lowest BCUT2D eigenvalue weighted by atomic mass is 10.2. The number of pyridine rings is 1. The Labute approximate surface area is 120 Å². The summed E-state index contributed by atoms with van der Waals surface area (Å²) in [5.41, 5.74) is 1.23. The van der Waals surface area contributed by atoms with E-state index < -0.39 is 0 Å². The normalized spacial score (nSPS) is 10.1. The van der Waals surface area contributed by atoms with Crippen LogP contribution in [0.1, 0.15) is 10.4 Å². The van der Waals surface area contributed by atoms with Gasteiger partial charge in [-0.1, -0.05) is 12.1 Å². The molecule has 1 aromatic heterocycles. The van der Waals surface area contributed by atoms with Crippen molar-refractivity contribution in [1.29, 1.82) is 0 Å². The number of methoxy groups -OCH3 is 1. The molecule has 5 heteroatoms. The first-order chi connectivity index (χ1) is 9.13. The quantitative estimate of drug-likeness (QED) is 0.872. The molecule has 98 valence electrons. The number of hydrogen-bond acceptors (Lipinski definition) is 3. The molecule has 1 heterocycles. The van der Waals surface area contributed by atoms with Crippen molar-refractivity contribution < 1.29 is 9.53 Å². The van der Waals surface area contributed by atoms with Gasteiger partial charge in [0.05, 0.1) is 18.4 Å². The molecule has 0 saturated carbocycles. The predicted octanol–water partition coefficient (Wildman–Crippen LogP) is 3.13. The van der Waals surface area contributed by atoms with Crippen molar-refractivity contribution in [3.8, 4) is 5.75 Å². The van der Waals surface area contributed by atoms with Gasteiger partial charge in [-0.25, -0.2) is 0 Å². The molecule has 0 aliphatic rings. The van der Waals surface area contributed by atoms with Crippen LogP contribution < -0.4 is 9.64 Å². The summed E-state index contributed by atoms with van der Waals surface area (Å²) >= 11 is 3.31. The maximum atomic E-state index is 12.4. The van der Waals surface area contributed by atoms with Crippen molar-refractivity contribution in [3.63, 3.8) is 0 Å². The Morgan fingerprint density at radius 2 is 2.05 bits per heavy atom. The Hall–Kier alpha value is -1.88. The molecule has 4 nitrogen and oxygen atoms in total. The molecule has 2 aromatic rings. The average molecular weight is 321 g/mol. The molecule has 0 atom stereocenters. The molecule has 0 saturated heterocycles. The van der Waals surface area contributed by atoms with Gasteiger partial charge in [0.25, 0.3) is 5.91 Å². The first kappa shape index (κ1) is 13.5. The largest absolute Gasteiger partial charge is 0.495 e. The highest BCUT2D eigenvalue weighted by atomic mass is 79.9. The van der Waals surface area contributed by atoms with Crippen LogP contribution in [0.5, 0.6) is 5.75 Å². The van der Waals surface area contributed by atoms with Crippen molar-refractivity contribution in [2.24, 2.45) is 0 Å². The number of halogens is 1. The zero-order valence-electron chi connectivity index (χ0n) is 10.6. The second-order valence-corrected chi connectivity index (χ2v) is 4.84. The molecule has 0 bridgehead atoms. The third-order valence-corrected chi connectivity index (χ3v) is 3.14. The Bertz CT molecular complexity index is 602.